The normalized spacial score (nSPS) is 29.7. The Morgan fingerprint density at radius 1 is 1.15 bits per heavy atom. The third kappa shape index (κ3) is 5.57. The van der Waals surface area contributed by atoms with Crippen molar-refractivity contribution in [1.82, 2.24) is 20.2 Å². The first kappa shape index (κ1) is 26.3. The van der Waals surface area contributed by atoms with Gasteiger partial charge in [-0.05, 0) is 79.7 Å². The molecule has 3 N–H and O–H groups in total. The molecular weight excluding hydrogens is 510 g/mol. The number of carbonyl (C=O) groups excluding carboxylic acids is 1. The lowest BCUT2D eigenvalue weighted by Crippen LogP contribution is -2.62. The van der Waals surface area contributed by atoms with Crippen molar-refractivity contribution < 1.29 is 4.79 Å². The molecule has 2 aromatic rings. The van der Waals surface area contributed by atoms with Gasteiger partial charge in [-0.3, -0.25) is 4.79 Å². The predicted molar refractivity (Wildman–Crippen MR) is 152 cm³/mol. The number of carbonyl (C=O) groups is 1. The molecule has 4 bridgehead atoms. The third-order valence-electron chi connectivity index (χ3n) is 9.70. The number of piperidine rings is 1. The van der Waals surface area contributed by atoms with Crippen LogP contribution in [0, 0.1) is 34.5 Å². The van der Waals surface area contributed by atoms with Gasteiger partial charge in [-0.15, -0.1) is 0 Å². The number of hydrogen-bond donors (Lipinski definition) is 3. The lowest BCUT2D eigenvalue weighted by atomic mass is 9.48. The fraction of sp³-hybridized carbons (Fsp3) is 0.600. The molecule has 3 unspecified atom stereocenters. The van der Waals surface area contributed by atoms with Crippen LogP contribution in [0.5, 0.6) is 0 Å². The van der Waals surface area contributed by atoms with Crippen molar-refractivity contribution in [3.63, 3.8) is 0 Å². The first-order valence-corrected chi connectivity index (χ1v) is 14.8. The van der Waals surface area contributed by atoms with Crippen LogP contribution in [0.3, 0.4) is 0 Å². The predicted octanol–water partition coefficient (Wildman–Crippen LogP) is 4.82. The highest BCUT2D eigenvalue weighted by atomic mass is 35.5. The van der Waals surface area contributed by atoms with Gasteiger partial charge in [0.2, 0.25) is 11.9 Å². The Morgan fingerprint density at radius 3 is 2.59 bits per heavy atom. The molecule has 5 atom stereocenters. The molecule has 4 aliphatic carbocycles. The second kappa shape index (κ2) is 10.9. The van der Waals surface area contributed by atoms with Crippen molar-refractivity contribution in [3.8, 4) is 6.07 Å². The number of nitrogens with one attached hydrogen (secondary N) is 3. The van der Waals surface area contributed by atoms with E-state index in [4.69, 9.17) is 11.6 Å². The average Bonchev–Trinajstić information content (AvgIpc) is 2.93. The van der Waals surface area contributed by atoms with Crippen LogP contribution in [0.2, 0.25) is 5.02 Å². The molecule has 8 nitrogen and oxygen atoms in total. The van der Waals surface area contributed by atoms with Gasteiger partial charge in [0.1, 0.15) is 17.5 Å². The zero-order chi connectivity index (χ0) is 27.0. The van der Waals surface area contributed by atoms with Gasteiger partial charge in [0.15, 0.2) is 0 Å². The van der Waals surface area contributed by atoms with Gasteiger partial charge in [-0.2, -0.15) is 10.2 Å². The summed E-state index contributed by atoms with van der Waals surface area (Å²) in [6, 6.07) is 11.1. The minimum atomic E-state index is 0.198. The Balaban J connectivity index is 1.09. The van der Waals surface area contributed by atoms with E-state index in [1.54, 1.807) is 13.1 Å². The molecule has 1 aliphatic heterocycles. The van der Waals surface area contributed by atoms with E-state index in [1.165, 1.54) is 32.1 Å². The summed E-state index contributed by atoms with van der Waals surface area (Å²) in [7, 11) is 0. The maximum absolute atomic E-state index is 11.7. The van der Waals surface area contributed by atoms with Gasteiger partial charge in [-0.25, -0.2) is 4.98 Å². The maximum Gasteiger partial charge on any atom is 0.224 e. The fourth-order valence-corrected chi connectivity index (χ4v) is 8.29. The van der Waals surface area contributed by atoms with E-state index in [9.17, 15) is 10.1 Å². The molecule has 0 spiro atoms. The van der Waals surface area contributed by atoms with Gasteiger partial charge in [-0.1, -0.05) is 29.8 Å². The summed E-state index contributed by atoms with van der Waals surface area (Å²) in [5.74, 6) is 3.51. The largest absolute Gasteiger partial charge is 0.368 e. The van der Waals surface area contributed by atoms with Gasteiger partial charge < -0.3 is 20.9 Å². The second-order valence-electron chi connectivity index (χ2n) is 12.3. The summed E-state index contributed by atoms with van der Waals surface area (Å²) in [5, 5.41) is 21.3. The van der Waals surface area contributed by atoms with Crippen molar-refractivity contribution in [2.75, 3.05) is 30.3 Å². The van der Waals surface area contributed by atoms with E-state index in [-0.39, 0.29) is 11.3 Å². The summed E-state index contributed by atoms with van der Waals surface area (Å²) >= 11 is 6.30. The van der Waals surface area contributed by atoms with Crippen molar-refractivity contribution >= 4 is 29.3 Å². The highest BCUT2D eigenvalue weighted by Crippen LogP contribution is 2.60. The van der Waals surface area contributed by atoms with Gasteiger partial charge >= 0.3 is 0 Å². The smallest absolute Gasteiger partial charge is 0.224 e. The molecule has 1 aromatic carbocycles. The highest BCUT2D eigenvalue weighted by molar-refractivity contribution is 6.31. The molecule has 1 aromatic heterocycles. The van der Waals surface area contributed by atoms with Crippen LogP contribution in [0.4, 0.5) is 11.8 Å². The Kier molecular flexibility index (Phi) is 7.39. The monoisotopic (exact) mass is 547 g/mol. The molecule has 9 heteroatoms. The molecule has 2 heterocycles. The number of benzene rings is 1. The number of rotatable bonds is 8. The molecule has 5 aliphatic rings. The molecular formula is C30H38ClN7O. The SMILES string of the molecule is CC(=O)N1CCC(NC2[C@@H]3CC4C[C@H]2CC(CNc2nc(NCc5ccccc5Cl)ncc2C#N)(C4)C3)CC1. The van der Waals surface area contributed by atoms with Crippen LogP contribution in [0.1, 0.15) is 63.0 Å². The number of amides is 1. The number of nitriles is 1. The van der Waals surface area contributed by atoms with Crippen molar-refractivity contribution in [3.05, 3.63) is 46.6 Å². The van der Waals surface area contributed by atoms with Crippen LogP contribution >= 0.6 is 11.6 Å². The van der Waals surface area contributed by atoms with Crippen molar-refractivity contribution in [1.29, 1.82) is 5.26 Å². The number of aromatic nitrogens is 2. The Hall–Kier alpha value is -2.89. The quantitative estimate of drug-likeness (QED) is 0.435. The van der Waals surface area contributed by atoms with Gasteiger partial charge in [0, 0.05) is 50.2 Å². The minimum absolute atomic E-state index is 0.198. The van der Waals surface area contributed by atoms with Crippen LogP contribution in [-0.4, -0.2) is 52.5 Å². The molecule has 1 amide bonds. The van der Waals surface area contributed by atoms with Gasteiger partial charge in [0.05, 0.1) is 6.20 Å². The average molecular weight is 548 g/mol. The molecule has 39 heavy (non-hydrogen) atoms. The lowest BCUT2D eigenvalue weighted by molar-refractivity contribution is -0.130. The zero-order valence-electron chi connectivity index (χ0n) is 22.6. The fourth-order valence-electron chi connectivity index (χ4n) is 8.09. The van der Waals surface area contributed by atoms with E-state index < -0.39 is 0 Å². The second-order valence-corrected chi connectivity index (χ2v) is 12.7. The number of anilines is 2. The van der Waals surface area contributed by atoms with Crippen LogP contribution in [0.25, 0.3) is 0 Å². The minimum Gasteiger partial charge on any atom is -0.368 e. The first-order chi connectivity index (χ1) is 18.9. The molecule has 5 fully saturated rings. The third-order valence-corrected chi connectivity index (χ3v) is 10.1. The number of likely N-dealkylation sites (tertiary alicyclic amines) is 1. The lowest BCUT2D eigenvalue weighted by Gasteiger charge is -2.61. The van der Waals surface area contributed by atoms with Crippen LogP contribution < -0.4 is 16.0 Å². The van der Waals surface area contributed by atoms with E-state index in [1.807, 2.05) is 29.2 Å². The van der Waals surface area contributed by atoms with Crippen molar-refractivity contribution in [2.24, 2.45) is 23.2 Å². The Morgan fingerprint density at radius 2 is 1.90 bits per heavy atom. The summed E-state index contributed by atoms with van der Waals surface area (Å²) in [5.41, 5.74) is 1.71. The van der Waals surface area contributed by atoms with E-state index in [0.29, 0.717) is 52.8 Å². The summed E-state index contributed by atoms with van der Waals surface area (Å²) in [4.78, 5) is 22.7. The standard InChI is InChI=1S/C30H38ClN7O/c1-19(39)38-8-6-25(7-9-38)36-27-22-10-20-11-23(27)14-30(12-20,13-22)18-35-28-24(15-32)17-34-29(37-28)33-16-21-4-2-3-5-26(21)31/h2-5,17,20,22-23,25,27,36H,6-14,16,18H2,1H3,(H2,33,34,35,37)/t20?,22-,23+,27?,30?. The van der Waals surface area contributed by atoms with Crippen LogP contribution in [-0.2, 0) is 11.3 Å². The Labute approximate surface area is 235 Å². The first-order valence-electron chi connectivity index (χ1n) is 14.4. The van der Waals surface area contributed by atoms with E-state index in [2.05, 4.69) is 32.0 Å². The highest BCUT2D eigenvalue weighted by Gasteiger charge is 2.55. The summed E-state index contributed by atoms with van der Waals surface area (Å²) in [6.07, 6.45) is 10.1. The number of nitrogens with zero attached hydrogens (tertiary/aromatic N) is 4. The van der Waals surface area contributed by atoms with Gasteiger partial charge in [0.25, 0.3) is 0 Å². The summed E-state index contributed by atoms with van der Waals surface area (Å²) in [6.45, 7) is 4.79. The number of halogens is 1. The molecule has 7 rings (SSSR count). The number of hydrogen-bond acceptors (Lipinski definition) is 7. The zero-order valence-corrected chi connectivity index (χ0v) is 23.4. The van der Waals surface area contributed by atoms with E-state index >= 15 is 0 Å². The van der Waals surface area contributed by atoms with Crippen molar-refractivity contribution in [2.45, 2.75) is 70.5 Å². The molecule has 206 valence electrons. The Bertz CT molecular complexity index is 1240. The molecule has 0 radical (unpaired) electrons. The summed E-state index contributed by atoms with van der Waals surface area (Å²) < 4.78 is 0. The van der Waals surface area contributed by atoms with E-state index in [0.717, 1.165) is 44.0 Å². The van der Waals surface area contributed by atoms with Crippen LogP contribution in [0.15, 0.2) is 30.5 Å². The molecule has 4 saturated carbocycles. The molecule has 1 saturated heterocycles. The topological polar surface area (TPSA) is 106 Å². The maximum atomic E-state index is 11.7.